The predicted octanol–water partition coefficient (Wildman–Crippen LogP) is 5.49. The van der Waals surface area contributed by atoms with Crippen LogP contribution in [0.5, 0.6) is 0 Å². The number of hydrogen-bond donors (Lipinski definition) is 3. The molecule has 41 heavy (non-hydrogen) atoms. The summed E-state index contributed by atoms with van der Waals surface area (Å²) in [6.45, 7) is 6.30. The van der Waals surface area contributed by atoms with Gasteiger partial charge in [0.05, 0.1) is 5.69 Å². The van der Waals surface area contributed by atoms with Gasteiger partial charge in [0.25, 0.3) is 5.91 Å². The Morgan fingerprint density at radius 2 is 1.66 bits per heavy atom. The van der Waals surface area contributed by atoms with Crippen LogP contribution >= 0.6 is 11.8 Å². The second-order valence-electron chi connectivity index (χ2n) is 9.45. The molecule has 0 aliphatic rings. The van der Waals surface area contributed by atoms with Crippen molar-refractivity contribution in [2.75, 3.05) is 12.0 Å². The third-order valence-corrected chi connectivity index (χ3v) is 7.44. The summed E-state index contributed by atoms with van der Waals surface area (Å²) in [5, 5.41) is 23.5. The number of amides is 1. The number of nitrogens with one attached hydrogen (secondary N) is 1. The first kappa shape index (κ1) is 31.9. The number of aryl methyl sites for hydroxylation is 1. The second-order valence-corrected chi connectivity index (χ2v) is 10.4. The average molecular weight is 561 g/mol. The molecule has 4 aromatic rings. The number of hydrogen-bond acceptors (Lipinski definition) is 5. The van der Waals surface area contributed by atoms with Gasteiger partial charge in [-0.2, -0.15) is 11.8 Å². The summed E-state index contributed by atoms with van der Waals surface area (Å²) in [5.74, 6) is -0.903. The zero-order valence-electron chi connectivity index (χ0n) is 22.5. The van der Waals surface area contributed by atoms with Gasteiger partial charge in [-0.15, -0.1) is 0 Å². The molecule has 0 saturated heterocycles. The van der Waals surface area contributed by atoms with Gasteiger partial charge in [-0.3, -0.25) is 9.78 Å². The van der Waals surface area contributed by atoms with Gasteiger partial charge in [0.15, 0.2) is 0 Å². The molecule has 1 aromatic heterocycles. The fourth-order valence-corrected chi connectivity index (χ4v) is 5.07. The van der Waals surface area contributed by atoms with E-state index in [1.54, 1.807) is 24.4 Å². The third kappa shape index (κ3) is 7.58. The van der Waals surface area contributed by atoms with E-state index in [0.717, 1.165) is 22.3 Å². The minimum absolute atomic E-state index is 0. The first-order valence-corrected chi connectivity index (χ1v) is 14.3. The number of benzene rings is 3. The molecule has 6 nitrogen and oxygen atoms in total. The Morgan fingerprint density at radius 1 is 0.951 bits per heavy atom. The standard InChI is InChI=1S/C33H32N2O4S.Li.H/c1-21-10-7-8-13-25(21)28-20-24(15-16-27(28)32(37)35-29(33(38)39)17-19-40-3)22(2)26-14-9-18-34-30(26)31(36)23-11-5-4-6-12-23;;/h4-16,18,20,29,31,36H,2,17,19H2,1,3H3,(H,35,37)(H,38,39);;. The molecule has 2 atom stereocenters. The van der Waals surface area contributed by atoms with E-state index < -0.39 is 24.0 Å². The maximum atomic E-state index is 13.4. The molecular formula is C33H33LiN2O4S. The number of aromatic nitrogens is 1. The van der Waals surface area contributed by atoms with Crippen LogP contribution in [0.3, 0.4) is 0 Å². The Hall–Kier alpha value is -3.60. The SMILES string of the molecule is C=C(c1ccc(C(=O)NC(CCSC)C(=O)O)c(-c2ccccc2C)c1)c1cccnc1C(O)c1ccccc1.[LiH]. The van der Waals surface area contributed by atoms with Crippen molar-refractivity contribution in [3.8, 4) is 11.1 Å². The molecule has 1 heterocycles. The fourth-order valence-electron chi connectivity index (χ4n) is 4.60. The molecular weight excluding hydrogens is 527 g/mol. The van der Waals surface area contributed by atoms with Crippen LogP contribution in [0.1, 0.15) is 50.8 Å². The topological polar surface area (TPSA) is 99.5 Å². The quantitative estimate of drug-likeness (QED) is 0.210. The van der Waals surface area contributed by atoms with E-state index in [-0.39, 0.29) is 18.9 Å². The van der Waals surface area contributed by atoms with Crippen LogP contribution in [-0.4, -0.2) is 64.0 Å². The summed E-state index contributed by atoms with van der Waals surface area (Å²) >= 11 is 1.53. The number of carbonyl (C=O) groups is 2. The number of carboxylic acid groups (broad SMARTS) is 1. The number of carboxylic acids is 1. The molecule has 0 radical (unpaired) electrons. The van der Waals surface area contributed by atoms with Crippen molar-refractivity contribution in [2.45, 2.75) is 25.5 Å². The first-order valence-electron chi connectivity index (χ1n) is 12.9. The number of carbonyl (C=O) groups excluding carboxylic acids is 1. The molecule has 0 spiro atoms. The van der Waals surface area contributed by atoms with Crippen LogP contribution < -0.4 is 5.32 Å². The summed E-state index contributed by atoms with van der Waals surface area (Å²) in [4.78, 5) is 29.7. The van der Waals surface area contributed by atoms with Crippen molar-refractivity contribution >= 4 is 48.1 Å². The molecule has 0 bridgehead atoms. The Labute approximate surface area is 257 Å². The summed E-state index contributed by atoms with van der Waals surface area (Å²) in [6, 6.07) is 25.1. The van der Waals surface area contributed by atoms with Crippen LogP contribution in [0.2, 0.25) is 0 Å². The van der Waals surface area contributed by atoms with Gasteiger partial charge in [0.1, 0.15) is 12.1 Å². The van der Waals surface area contributed by atoms with Crippen molar-refractivity contribution in [3.05, 3.63) is 131 Å². The molecule has 3 aromatic carbocycles. The Balaban J connectivity index is 0.00000462. The molecule has 1 amide bonds. The van der Waals surface area contributed by atoms with Gasteiger partial charge in [-0.1, -0.05) is 73.3 Å². The molecule has 0 fully saturated rings. The van der Waals surface area contributed by atoms with Gasteiger partial charge >= 0.3 is 24.8 Å². The second kappa shape index (κ2) is 14.9. The van der Waals surface area contributed by atoms with Crippen LogP contribution in [0.15, 0.2) is 97.7 Å². The van der Waals surface area contributed by atoms with E-state index in [1.807, 2.05) is 79.9 Å². The summed E-state index contributed by atoms with van der Waals surface area (Å²) in [7, 11) is 0. The zero-order valence-corrected chi connectivity index (χ0v) is 23.3. The molecule has 4 rings (SSSR count). The van der Waals surface area contributed by atoms with E-state index in [9.17, 15) is 19.8 Å². The number of aliphatic hydroxyl groups is 1. The van der Waals surface area contributed by atoms with E-state index in [1.165, 1.54) is 11.8 Å². The van der Waals surface area contributed by atoms with Crippen molar-refractivity contribution in [1.82, 2.24) is 10.3 Å². The normalized spacial score (nSPS) is 12.1. The first-order chi connectivity index (χ1) is 19.3. The molecule has 8 heteroatoms. The Kier molecular flexibility index (Phi) is 11.6. The van der Waals surface area contributed by atoms with Crippen LogP contribution in [-0.2, 0) is 4.79 Å². The van der Waals surface area contributed by atoms with Gasteiger partial charge < -0.3 is 15.5 Å². The van der Waals surface area contributed by atoms with Crippen LogP contribution in [0.4, 0.5) is 0 Å². The van der Waals surface area contributed by atoms with Gasteiger partial charge in [0.2, 0.25) is 0 Å². The number of aliphatic hydroxyl groups excluding tert-OH is 1. The Morgan fingerprint density at radius 3 is 2.34 bits per heavy atom. The van der Waals surface area contributed by atoms with E-state index in [4.69, 9.17) is 0 Å². The molecule has 206 valence electrons. The molecule has 0 aliphatic heterocycles. The van der Waals surface area contributed by atoms with Crippen molar-refractivity contribution in [3.63, 3.8) is 0 Å². The average Bonchev–Trinajstić information content (AvgIpc) is 2.98. The van der Waals surface area contributed by atoms with Crippen LogP contribution in [0.25, 0.3) is 16.7 Å². The minimum atomic E-state index is -1.06. The Bertz CT molecular complexity index is 1530. The van der Waals surface area contributed by atoms with Gasteiger partial charge in [-0.05, 0) is 76.9 Å². The van der Waals surface area contributed by atoms with Gasteiger partial charge in [-0.25, -0.2) is 4.79 Å². The molecule has 3 N–H and O–H groups in total. The summed E-state index contributed by atoms with van der Waals surface area (Å²) in [5.41, 5.74) is 6.15. The van der Waals surface area contributed by atoms with Crippen LogP contribution in [0, 0.1) is 6.92 Å². The zero-order chi connectivity index (χ0) is 28.6. The number of aliphatic carboxylic acids is 1. The van der Waals surface area contributed by atoms with Crippen molar-refractivity contribution in [2.24, 2.45) is 0 Å². The van der Waals surface area contributed by atoms with Crippen molar-refractivity contribution in [1.29, 1.82) is 0 Å². The monoisotopic (exact) mass is 560 g/mol. The van der Waals surface area contributed by atoms with E-state index in [0.29, 0.717) is 40.1 Å². The third-order valence-electron chi connectivity index (χ3n) is 6.80. The summed E-state index contributed by atoms with van der Waals surface area (Å²) < 4.78 is 0. The van der Waals surface area contributed by atoms with E-state index >= 15 is 0 Å². The number of pyridine rings is 1. The molecule has 0 saturated carbocycles. The number of thioether (sulfide) groups is 1. The predicted molar refractivity (Wildman–Crippen MR) is 169 cm³/mol. The number of nitrogens with zero attached hydrogens (tertiary/aromatic N) is 1. The van der Waals surface area contributed by atoms with Gasteiger partial charge in [0, 0.05) is 17.3 Å². The number of rotatable bonds is 11. The van der Waals surface area contributed by atoms with E-state index in [2.05, 4.69) is 16.9 Å². The summed E-state index contributed by atoms with van der Waals surface area (Å²) in [6.07, 6.45) is 2.92. The fraction of sp³-hybridized carbons (Fsp3) is 0.182. The maximum absolute atomic E-state index is 13.4. The van der Waals surface area contributed by atoms with Crippen molar-refractivity contribution < 1.29 is 19.8 Å². The molecule has 0 aliphatic carbocycles. The molecule has 2 unspecified atom stereocenters.